The zero-order chi connectivity index (χ0) is 20.4. The number of nitrogens with one attached hydrogen (secondary N) is 1. The van der Waals surface area contributed by atoms with Gasteiger partial charge in [0.2, 0.25) is 0 Å². The summed E-state index contributed by atoms with van der Waals surface area (Å²) in [5, 5.41) is 3.90. The molecule has 28 heavy (non-hydrogen) atoms. The van der Waals surface area contributed by atoms with Gasteiger partial charge in [0.1, 0.15) is 0 Å². The fourth-order valence-corrected chi connectivity index (χ4v) is 2.81. The molecule has 1 aromatic heterocycles. The molecule has 2 aromatic rings. The molecule has 0 aliphatic carbocycles. The Bertz CT molecular complexity index is 803. The average molecular weight is 405 g/mol. The van der Waals surface area contributed by atoms with Crippen LogP contribution in [0.15, 0.2) is 35.7 Å². The van der Waals surface area contributed by atoms with Gasteiger partial charge in [-0.2, -0.15) is 0 Å². The lowest BCUT2D eigenvalue weighted by atomic mass is 10.2. The van der Waals surface area contributed by atoms with Gasteiger partial charge in [-0.1, -0.05) is 19.4 Å². The first-order valence-corrected chi connectivity index (χ1v) is 9.87. The van der Waals surface area contributed by atoms with Crippen molar-refractivity contribution in [2.75, 3.05) is 19.8 Å². The molecular weight excluding hydrogens is 382 g/mol. The van der Waals surface area contributed by atoms with Crippen LogP contribution in [-0.2, 0) is 9.53 Å². The molecule has 8 heteroatoms. The molecule has 0 saturated carbocycles. The summed E-state index contributed by atoms with van der Waals surface area (Å²) in [7, 11) is 0. The second-order valence-corrected chi connectivity index (χ2v) is 6.67. The predicted molar refractivity (Wildman–Crippen MR) is 105 cm³/mol. The van der Waals surface area contributed by atoms with E-state index in [0.717, 1.165) is 12.8 Å². The van der Waals surface area contributed by atoms with Gasteiger partial charge in [0.15, 0.2) is 18.1 Å². The van der Waals surface area contributed by atoms with Crippen molar-refractivity contribution in [1.82, 2.24) is 5.32 Å². The minimum absolute atomic E-state index is 0.226. The van der Waals surface area contributed by atoms with E-state index in [-0.39, 0.29) is 5.56 Å². The van der Waals surface area contributed by atoms with Crippen LogP contribution in [0.25, 0.3) is 0 Å². The van der Waals surface area contributed by atoms with Crippen molar-refractivity contribution in [1.29, 1.82) is 0 Å². The van der Waals surface area contributed by atoms with Crippen LogP contribution >= 0.6 is 11.3 Å². The van der Waals surface area contributed by atoms with Gasteiger partial charge in [0, 0.05) is 0 Å². The molecule has 1 heterocycles. The van der Waals surface area contributed by atoms with Gasteiger partial charge < -0.3 is 14.2 Å². The van der Waals surface area contributed by atoms with Crippen LogP contribution in [0.5, 0.6) is 11.5 Å². The molecule has 0 radical (unpaired) electrons. The fraction of sp³-hybridized carbons (Fsp3) is 0.350. The van der Waals surface area contributed by atoms with E-state index in [1.807, 2.05) is 6.92 Å². The molecule has 2 rings (SSSR count). The Morgan fingerprint density at radius 3 is 2.57 bits per heavy atom. The van der Waals surface area contributed by atoms with E-state index in [2.05, 4.69) is 12.2 Å². The number of rotatable bonds is 10. The van der Waals surface area contributed by atoms with E-state index in [1.54, 1.807) is 29.6 Å². The van der Waals surface area contributed by atoms with Gasteiger partial charge in [-0.3, -0.25) is 14.9 Å². The Balaban J connectivity index is 1.92. The van der Waals surface area contributed by atoms with Crippen molar-refractivity contribution in [3.05, 3.63) is 46.2 Å². The third-order valence-corrected chi connectivity index (χ3v) is 4.44. The Morgan fingerprint density at radius 2 is 1.89 bits per heavy atom. The van der Waals surface area contributed by atoms with E-state index < -0.39 is 24.4 Å². The molecule has 0 spiro atoms. The van der Waals surface area contributed by atoms with Crippen LogP contribution in [0.3, 0.4) is 0 Å². The number of hydrogen-bond donors (Lipinski definition) is 1. The fourth-order valence-electron chi connectivity index (χ4n) is 2.20. The molecule has 0 saturated heterocycles. The number of unbranched alkanes of at least 4 members (excludes halogenated alkanes) is 1. The zero-order valence-corrected chi connectivity index (χ0v) is 16.7. The molecular formula is C20H23NO6S. The topological polar surface area (TPSA) is 90.9 Å². The minimum Gasteiger partial charge on any atom is -0.490 e. The van der Waals surface area contributed by atoms with Gasteiger partial charge in [-0.15, -0.1) is 11.3 Å². The van der Waals surface area contributed by atoms with Crippen molar-refractivity contribution in [2.24, 2.45) is 0 Å². The average Bonchev–Trinajstić information content (AvgIpc) is 3.22. The standard InChI is InChI=1S/C20H23NO6S/c1-3-5-10-26-15-9-8-14(12-16(15)25-4-2)20(24)27-13-18(22)21-19(23)17-7-6-11-28-17/h6-9,11-12H,3-5,10,13H2,1-2H3,(H,21,22,23). The maximum atomic E-state index is 12.2. The van der Waals surface area contributed by atoms with E-state index in [1.165, 1.54) is 17.4 Å². The van der Waals surface area contributed by atoms with E-state index in [0.29, 0.717) is 29.6 Å². The molecule has 0 atom stereocenters. The number of benzene rings is 1. The summed E-state index contributed by atoms with van der Waals surface area (Å²) >= 11 is 1.21. The number of amides is 2. The largest absolute Gasteiger partial charge is 0.490 e. The van der Waals surface area contributed by atoms with Gasteiger partial charge in [0.25, 0.3) is 11.8 Å². The van der Waals surface area contributed by atoms with Crippen molar-refractivity contribution >= 4 is 29.1 Å². The smallest absolute Gasteiger partial charge is 0.338 e. The third-order valence-electron chi connectivity index (χ3n) is 3.57. The highest BCUT2D eigenvalue weighted by Gasteiger charge is 2.16. The number of thiophene rings is 1. The van der Waals surface area contributed by atoms with Crippen molar-refractivity contribution in [2.45, 2.75) is 26.7 Å². The number of hydrogen-bond acceptors (Lipinski definition) is 7. The van der Waals surface area contributed by atoms with Crippen molar-refractivity contribution in [3.8, 4) is 11.5 Å². The van der Waals surface area contributed by atoms with Crippen LogP contribution in [0.2, 0.25) is 0 Å². The molecule has 1 N–H and O–H groups in total. The second-order valence-electron chi connectivity index (χ2n) is 5.73. The van der Waals surface area contributed by atoms with Gasteiger partial charge in [0.05, 0.1) is 23.7 Å². The number of carbonyl (C=O) groups is 3. The van der Waals surface area contributed by atoms with Gasteiger partial charge >= 0.3 is 5.97 Å². The number of esters is 1. The monoisotopic (exact) mass is 405 g/mol. The molecule has 0 unspecified atom stereocenters. The first-order chi connectivity index (χ1) is 13.5. The number of imide groups is 1. The van der Waals surface area contributed by atoms with Crippen LogP contribution < -0.4 is 14.8 Å². The summed E-state index contributed by atoms with van der Waals surface area (Å²) in [6, 6.07) is 7.99. The Labute approximate surface area is 167 Å². The summed E-state index contributed by atoms with van der Waals surface area (Å²) in [5.74, 6) is -0.934. The molecule has 150 valence electrons. The number of ether oxygens (including phenoxy) is 3. The molecule has 0 fully saturated rings. The lowest BCUT2D eigenvalue weighted by molar-refractivity contribution is -0.123. The van der Waals surface area contributed by atoms with Crippen LogP contribution in [0, 0.1) is 0 Å². The number of carbonyl (C=O) groups excluding carboxylic acids is 3. The minimum atomic E-state index is -0.698. The lowest BCUT2D eigenvalue weighted by Gasteiger charge is -2.13. The van der Waals surface area contributed by atoms with Crippen LogP contribution in [0.4, 0.5) is 0 Å². The normalized spacial score (nSPS) is 10.2. The first kappa shape index (κ1) is 21.4. The van der Waals surface area contributed by atoms with E-state index in [9.17, 15) is 14.4 Å². The van der Waals surface area contributed by atoms with Crippen molar-refractivity contribution < 1.29 is 28.6 Å². The van der Waals surface area contributed by atoms with Crippen LogP contribution in [0.1, 0.15) is 46.7 Å². The molecule has 2 amide bonds. The molecule has 1 aromatic carbocycles. The molecule has 0 aliphatic heterocycles. The maximum Gasteiger partial charge on any atom is 0.338 e. The predicted octanol–water partition coefficient (Wildman–Crippen LogP) is 3.44. The first-order valence-electron chi connectivity index (χ1n) is 8.99. The Hall–Kier alpha value is -2.87. The lowest BCUT2D eigenvalue weighted by Crippen LogP contribution is -2.33. The van der Waals surface area contributed by atoms with Gasteiger partial charge in [-0.05, 0) is 43.0 Å². The molecule has 0 aliphatic rings. The van der Waals surface area contributed by atoms with Crippen molar-refractivity contribution in [3.63, 3.8) is 0 Å². The van der Waals surface area contributed by atoms with E-state index in [4.69, 9.17) is 14.2 Å². The summed E-state index contributed by atoms with van der Waals surface area (Å²) in [5.41, 5.74) is 0.226. The summed E-state index contributed by atoms with van der Waals surface area (Å²) in [4.78, 5) is 36.2. The summed E-state index contributed by atoms with van der Waals surface area (Å²) in [6.07, 6.45) is 1.92. The summed E-state index contributed by atoms with van der Waals surface area (Å²) < 4.78 is 16.2. The highest BCUT2D eigenvalue weighted by molar-refractivity contribution is 7.12. The second kappa shape index (κ2) is 11.1. The third kappa shape index (κ3) is 6.38. The highest BCUT2D eigenvalue weighted by atomic mass is 32.1. The zero-order valence-electron chi connectivity index (χ0n) is 15.9. The molecule has 7 nitrogen and oxygen atoms in total. The molecule has 0 bridgehead atoms. The quantitative estimate of drug-likeness (QED) is 0.481. The van der Waals surface area contributed by atoms with Crippen LogP contribution in [-0.4, -0.2) is 37.6 Å². The van der Waals surface area contributed by atoms with E-state index >= 15 is 0 Å². The Morgan fingerprint density at radius 1 is 1.07 bits per heavy atom. The SMILES string of the molecule is CCCCOc1ccc(C(=O)OCC(=O)NC(=O)c2cccs2)cc1OCC. The Kier molecular flexibility index (Phi) is 8.48. The summed E-state index contributed by atoms with van der Waals surface area (Å²) in [6.45, 7) is 4.30. The highest BCUT2D eigenvalue weighted by Crippen LogP contribution is 2.29. The maximum absolute atomic E-state index is 12.2. The van der Waals surface area contributed by atoms with Gasteiger partial charge in [-0.25, -0.2) is 4.79 Å².